The number of hydrogen-bond acceptors (Lipinski definition) is 6. The van der Waals surface area contributed by atoms with E-state index in [0.29, 0.717) is 6.54 Å². The van der Waals surface area contributed by atoms with Crippen LogP contribution in [0, 0.1) is 12.7 Å². The van der Waals surface area contributed by atoms with Crippen LogP contribution in [0.15, 0.2) is 65.7 Å². The normalized spacial score (nSPS) is 26.3. The largest absolute Gasteiger partial charge is 0.495 e. The van der Waals surface area contributed by atoms with Gasteiger partial charge in [0.2, 0.25) is 5.72 Å². The third-order valence-electron chi connectivity index (χ3n) is 7.21. The maximum absolute atomic E-state index is 13.6. The number of methoxy groups -OCH3 is 1. The van der Waals surface area contributed by atoms with Crippen LogP contribution in [-0.2, 0) is 15.3 Å². The second-order valence-electron chi connectivity index (χ2n) is 9.56. The zero-order valence-electron chi connectivity index (χ0n) is 20.0. The minimum atomic E-state index is -0.838. The first kappa shape index (κ1) is 21.9. The first-order chi connectivity index (χ1) is 16.9. The highest BCUT2D eigenvalue weighted by Crippen LogP contribution is 2.47. The van der Waals surface area contributed by atoms with Gasteiger partial charge in [-0.15, -0.1) is 0 Å². The molecule has 1 aromatic heterocycles. The van der Waals surface area contributed by atoms with Crippen molar-refractivity contribution in [3.63, 3.8) is 0 Å². The number of hydrogen-bond donors (Lipinski definition) is 0. The third-order valence-corrected chi connectivity index (χ3v) is 7.21. The Bertz CT molecular complexity index is 1340. The molecule has 3 aliphatic rings. The average molecular weight is 475 g/mol. The van der Waals surface area contributed by atoms with E-state index in [2.05, 4.69) is 27.2 Å². The fourth-order valence-electron chi connectivity index (χ4n) is 5.15. The Morgan fingerprint density at radius 2 is 1.97 bits per heavy atom. The molecule has 0 bridgehead atoms. The highest BCUT2D eigenvalue weighted by atomic mass is 19.1. The van der Waals surface area contributed by atoms with E-state index in [1.807, 2.05) is 36.7 Å². The smallest absolute Gasteiger partial charge is 0.234 e. The standard InChI is InChI=1S/C27H27FN4O3/c1-18-15-31(17-29-18)23-9-4-19(13-24(23)33-3)12-20-14-27(10-11-34-27)16-32-25(20)30-35-26(32,2)21-5-7-22(28)8-6-21/h4-9,12-13,15,17H,10-11,14,16H2,1-3H3/b20-12+. The Labute approximate surface area is 203 Å². The molecule has 1 spiro atoms. The molecule has 7 nitrogen and oxygen atoms in total. The van der Waals surface area contributed by atoms with Gasteiger partial charge in [-0.1, -0.05) is 23.4 Å². The number of oxime groups is 1. The Hall–Kier alpha value is -3.65. The van der Waals surface area contributed by atoms with E-state index in [4.69, 9.17) is 14.3 Å². The summed E-state index contributed by atoms with van der Waals surface area (Å²) in [6.45, 7) is 5.34. The van der Waals surface area contributed by atoms with Crippen molar-refractivity contribution < 1.29 is 18.7 Å². The summed E-state index contributed by atoms with van der Waals surface area (Å²) in [5.74, 6) is 1.25. The third kappa shape index (κ3) is 3.60. The summed E-state index contributed by atoms with van der Waals surface area (Å²) in [7, 11) is 1.67. The Morgan fingerprint density at radius 1 is 1.17 bits per heavy atom. The van der Waals surface area contributed by atoms with Gasteiger partial charge in [0.15, 0.2) is 5.84 Å². The number of halogens is 1. The molecule has 0 N–H and O–H groups in total. The molecule has 3 aliphatic heterocycles. The number of rotatable bonds is 4. The minimum Gasteiger partial charge on any atom is -0.495 e. The molecule has 3 aromatic rings. The summed E-state index contributed by atoms with van der Waals surface area (Å²) >= 11 is 0. The Morgan fingerprint density at radius 3 is 2.63 bits per heavy atom. The van der Waals surface area contributed by atoms with Gasteiger partial charge in [-0.25, -0.2) is 9.37 Å². The van der Waals surface area contributed by atoms with Crippen LogP contribution in [0.5, 0.6) is 5.75 Å². The van der Waals surface area contributed by atoms with Crippen LogP contribution in [0.4, 0.5) is 4.39 Å². The van der Waals surface area contributed by atoms with Gasteiger partial charge in [-0.2, -0.15) is 0 Å². The number of benzene rings is 2. The molecule has 0 aliphatic carbocycles. The lowest BCUT2D eigenvalue weighted by Crippen LogP contribution is -2.61. The van der Waals surface area contributed by atoms with Crippen molar-refractivity contribution in [2.75, 3.05) is 20.3 Å². The zero-order valence-corrected chi connectivity index (χ0v) is 20.0. The van der Waals surface area contributed by atoms with Gasteiger partial charge in [0.25, 0.3) is 0 Å². The molecule has 4 heterocycles. The fraction of sp³-hybridized carbons (Fsp3) is 0.333. The topological polar surface area (TPSA) is 61.1 Å². The predicted octanol–water partition coefficient (Wildman–Crippen LogP) is 4.79. The first-order valence-electron chi connectivity index (χ1n) is 11.7. The lowest BCUT2D eigenvalue weighted by Gasteiger charge is -2.51. The van der Waals surface area contributed by atoms with E-state index >= 15 is 0 Å². The molecule has 0 amide bonds. The molecule has 2 fully saturated rings. The molecule has 180 valence electrons. The van der Waals surface area contributed by atoms with Crippen LogP contribution in [0.3, 0.4) is 0 Å². The minimum absolute atomic E-state index is 0.280. The monoisotopic (exact) mass is 474 g/mol. The second kappa shape index (κ2) is 7.95. The van der Waals surface area contributed by atoms with E-state index in [1.165, 1.54) is 12.1 Å². The van der Waals surface area contributed by atoms with Crippen molar-refractivity contribution in [3.8, 4) is 11.4 Å². The highest BCUT2D eigenvalue weighted by Gasteiger charge is 2.54. The van der Waals surface area contributed by atoms with Crippen molar-refractivity contribution in [3.05, 3.63) is 83.2 Å². The molecule has 35 heavy (non-hydrogen) atoms. The maximum Gasteiger partial charge on any atom is 0.234 e. The van der Waals surface area contributed by atoms with E-state index < -0.39 is 5.72 Å². The van der Waals surface area contributed by atoms with Gasteiger partial charge in [0, 0.05) is 37.1 Å². The van der Waals surface area contributed by atoms with Crippen LogP contribution in [0.1, 0.15) is 36.6 Å². The molecule has 2 saturated heterocycles. The quantitative estimate of drug-likeness (QED) is 0.544. The number of ether oxygens (including phenoxy) is 2. The number of amidine groups is 1. The number of piperidine rings is 1. The maximum atomic E-state index is 13.6. The summed E-state index contributed by atoms with van der Waals surface area (Å²) in [5, 5.41) is 4.50. The van der Waals surface area contributed by atoms with E-state index in [1.54, 1.807) is 25.6 Å². The van der Waals surface area contributed by atoms with E-state index in [0.717, 1.165) is 59.1 Å². The number of nitrogens with zero attached hydrogens (tertiary/aromatic N) is 4. The first-order valence-corrected chi connectivity index (χ1v) is 11.7. The fourth-order valence-corrected chi connectivity index (χ4v) is 5.15. The Balaban J connectivity index is 1.37. The van der Waals surface area contributed by atoms with Crippen molar-refractivity contribution in [2.24, 2.45) is 5.16 Å². The van der Waals surface area contributed by atoms with Gasteiger partial charge in [0.1, 0.15) is 11.6 Å². The molecular weight excluding hydrogens is 447 g/mol. The van der Waals surface area contributed by atoms with Crippen LogP contribution in [-0.4, -0.2) is 46.1 Å². The summed E-state index contributed by atoms with van der Waals surface area (Å²) in [4.78, 5) is 12.5. The number of imidazole rings is 1. The van der Waals surface area contributed by atoms with E-state index in [-0.39, 0.29) is 11.4 Å². The second-order valence-corrected chi connectivity index (χ2v) is 9.56. The molecule has 2 aromatic carbocycles. The number of aryl methyl sites for hydroxylation is 1. The number of aromatic nitrogens is 2. The molecule has 6 rings (SSSR count). The predicted molar refractivity (Wildman–Crippen MR) is 130 cm³/mol. The summed E-state index contributed by atoms with van der Waals surface area (Å²) in [6.07, 6.45) is 7.59. The SMILES string of the molecule is COc1cc(/C=C2\CC3(CCO3)CN3C2=NOC3(C)c2ccc(F)cc2)ccc1-n1cnc(C)c1. The van der Waals surface area contributed by atoms with Gasteiger partial charge in [-0.05, 0) is 42.8 Å². The van der Waals surface area contributed by atoms with E-state index in [9.17, 15) is 4.39 Å². The Kier molecular flexibility index (Phi) is 4.96. The molecule has 0 radical (unpaired) electrons. The molecule has 8 heteroatoms. The lowest BCUT2D eigenvalue weighted by atomic mass is 9.80. The molecule has 2 atom stereocenters. The number of fused-ring (bicyclic) bond motifs is 1. The molecular formula is C27H27FN4O3. The van der Waals surface area contributed by atoms with Gasteiger partial charge in [-0.3, -0.25) is 0 Å². The van der Waals surface area contributed by atoms with Crippen molar-refractivity contribution >= 4 is 11.9 Å². The van der Waals surface area contributed by atoms with Crippen LogP contribution in [0.25, 0.3) is 11.8 Å². The van der Waals surface area contributed by atoms with Crippen molar-refractivity contribution in [1.82, 2.24) is 14.5 Å². The summed E-state index contributed by atoms with van der Waals surface area (Å²) in [5.41, 5.74) is 3.62. The lowest BCUT2D eigenvalue weighted by molar-refractivity contribution is -0.183. The van der Waals surface area contributed by atoms with Crippen LogP contribution in [0.2, 0.25) is 0 Å². The highest BCUT2D eigenvalue weighted by molar-refractivity contribution is 6.04. The van der Waals surface area contributed by atoms with Gasteiger partial charge < -0.3 is 23.8 Å². The van der Waals surface area contributed by atoms with Gasteiger partial charge >= 0.3 is 0 Å². The summed E-state index contributed by atoms with van der Waals surface area (Å²) < 4.78 is 27.4. The molecule has 2 unspecified atom stereocenters. The van der Waals surface area contributed by atoms with Crippen molar-refractivity contribution in [2.45, 2.75) is 38.0 Å². The van der Waals surface area contributed by atoms with Gasteiger partial charge in [0.05, 0.1) is 43.6 Å². The van der Waals surface area contributed by atoms with Crippen molar-refractivity contribution in [1.29, 1.82) is 0 Å². The molecule has 0 saturated carbocycles. The zero-order chi connectivity index (χ0) is 24.2. The van der Waals surface area contributed by atoms with Crippen LogP contribution < -0.4 is 4.74 Å². The average Bonchev–Trinajstić information content (AvgIpc) is 3.42. The van der Waals surface area contributed by atoms with Crippen LogP contribution >= 0.6 is 0 Å². The summed E-state index contributed by atoms with van der Waals surface area (Å²) in [6, 6.07) is 12.5.